The Morgan fingerprint density at radius 1 is 1.32 bits per heavy atom. The molecule has 1 heterocycles. The summed E-state index contributed by atoms with van der Waals surface area (Å²) in [6.07, 6.45) is 2.26. The maximum Gasteiger partial charge on any atom is 0.166 e. The molecule has 2 rings (SSSR count). The van der Waals surface area contributed by atoms with Crippen LogP contribution in [0, 0.1) is 0 Å². The van der Waals surface area contributed by atoms with Gasteiger partial charge < -0.3 is 14.9 Å². The van der Waals surface area contributed by atoms with Gasteiger partial charge in [-0.25, -0.2) is 0 Å². The van der Waals surface area contributed by atoms with Crippen LogP contribution in [-0.2, 0) is 4.74 Å². The van der Waals surface area contributed by atoms with Crippen molar-refractivity contribution in [3.63, 3.8) is 0 Å². The summed E-state index contributed by atoms with van der Waals surface area (Å²) >= 11 is 3.49. The minimum atomic E-state index is -1.31. The third-order valence-corrected chi connectivity index (χ3v) is 3.88. The fourth-order valence-corrected chi connectivity index (χ4v) is 3.04. The zero-order valence-electron chi connectivity index (χ0n) is 11.1. The number of hydrogen-bond acceptors (Lipinski definition) is 3. The summed E-state index contributed by atoms with van der Waals surface area (Å²) in [5.74, 6) is -1.31. The lowest BCUT2D eigenvalue weighted by Crippen LogP contribution is -2.49. The Morgan fingerprint density at radius 3 is 2.53 bits per heavy atom. The van der Waals surface area contributed by atoms with Crippen LogP contribution in [0.5, 0.6) is 0 Å². The molecule has 0 bridgehead atoms. The molecule has 0 spiro atoms. The van der Waals surface area contributed by atoms with Crippen molar-refractivity contribution >= 4 is 22.0 Å². The lowest BCUT2D eigenvalue weighted by molar-refractivity contribution is -0.269. The van der Waals surface area contributed by atoms with Gasteiger partial charge in [-0.3, -0.25) is 0 Å². The van der Waals surface area contributed by atoms with Gasteiger partial charge in [0.15, 0.2) is 5.79 Å². The topological polar surface area (TPSA) is 49.7 Å². The quantitative estimate of drug-likeness (QED) is 0.878. The van der Waals surface area contributed by atoms with Crippen LogP contribution in [0.3, 0.4) is 0 Å². The molecule has 4 heteroatoms. The van der Waals surface area contributed by atoms with E-state index in [1.807, 2.05) is 36.4 Å². The van der Waals surface area contributed by atoms with Crippen LogP contribution < -0.4 is 0 Å². The number of rotatable bonds is 2. The Balaban J connectivity index is 2.19. The first-order chi connectivity index (χ1) is 8.77. The summed E-state index contributed by atoms with van der Waals surface area (Å²) in [5, 5.41) is 20.3. The molecule has 1 saturated heterocycles. The lowest BCUT2D eigenvalue weighted by Gasteiger charge is -2.42. The van der Waals surface area contributed by atoms with Crippen molar-refractivity contribution in [3.8, 4) is 0 Å². The fourth-order valence-electron chi connectivity index (χ4n) is 2.52. The fraction of sp³-hybridized carbons (Fsp3) is 0.467. The molecule has 3 nitrogen and oxygen atoms in total. The Morgan fingerprint density at radius 2 is 1.95 bits per heavy atom. The van der Waals surface area contributed by atoms with Crippen LogP contribution in [0.1, 0.15) is 32.3 Å². The van der Waals surface area contributed by atoms with E-state index >= 15 is 0 Å². The molecule has 0 unspecified atom stereocenters. The van der Waals surface area contributed by atoms with Crippen molar-refractivity contribution in [1.29, 1.82) is 0 Å². The Hall–Kier alpha value is -0.680. The van der Waals surface area contributed by atoms with Crippen molar-refractivity contribution < 1.29 is 14.9 Å². The second-order valence-corrected chi connectivity index (χ2v) is 6.51. The zero-order valence-corrected chi connectivity index (χ0v) is 12.7. The van der Waals surface area contributed by atoms with Crippen LogP contribution in [-0.4, -0.2) is 27.7 Å². The molecular weight excluding hydrogens is 308 g/mol. The third kappa shape index (κ3) is 4.14. The standard InChI is InChI=1S/C15H19BrO3/c1-14(17)9-13(19-15(2,18)10-14)12(16)8-11-6-4-3-5-7-11/h3-8,13,17-18H,9-10H2,1-2H3/b12-8-/t13-,14+,15-/m0/s1. The Labute approximate surface area is 122 Å². The normalized spacial score (nSPS) is 36.3. The first-order valence-corrected chi connectivity index (χ1v) is 7.11. The maximum absolute atomic E-state index is 10.2. The molecule has 3 atom stereocenters. The molecule has 1 aromatic rings. The molecule has 2 N–H and O–H groups in total. The summed E-state index contributed by atoms with van der Waals surface area (Å²) in [4.78, 5) is 0. The summed E-state index contributed by atoms with van der Waals surface area (Å²) in [7, 11) is 0. The Bertz CT molecular complexity index is 450. The van der Waals surface area contributed by atoms with Crippen molar-refractivity contribution in [3.05, 3.63) is 40.4 Å². The average molecular weight is 327 g/mol. The molecule has 0 aliphatic carbocycles. The van der Waals surface area contributed by atoms with E-state index in [1.54, 1.807) is 13.8 Å². The number of halogens is 1. The molecular formula is C15H19BrO3. The van der Waals surface area contributed by atoms with Crippen LogP contribution in [0.15, 0.2) is 34.8 Å². The van der Waals surface area contributed by atoms with Gasteiger partial charge in [0.2, 0.25) is 0 Å². The van der Waals surface area contributed by atoms with Crippen LogP contribution >= 0.6 is 15.9 Å². The van der Waals surface area contributed by atoms with Gasteiger partial charge in [0.25, 0.3) is 0 Å². The molecule has 19 heavy (non-hydrogen) atoms. The minimum absolute atomic E-state index is 0.210. The van der Waals surface area contributed by atoms with Gasteiger partial charge in [-0.2, -0.15) is 0 Å². The molecule has 1 fully saturated rings. The van der Waals surface area contributed by atoms with E-state index in [0.717, 1.165) is 10.0 Å². The number of benzene rings is 1. The maximum atomic E-state index is 10.2. The van der Waals surface area contributed by atoms with E-state index in [9.17, 15) is 10.2 Å². The lowest BCUT2D eigenvalue weighted by atomic mass is 9.87. The largest absolute Gasteiger partial charge is 0.390 e. The molecule has 1 aromatic carbocycles. The number of aliphatic hydroxyl groups is 2. The molecule has 0 amide bonds. The van der Waals surface area contributed by atoms with E-state index in [-0.39, 0.29) is 12.5 Å². The van der Waals surface area contributed by atoms with Crippen LogP contribution in [0.25, 0.3) is 6.08 Å². The highest BCUT2D eigenvalue weighted by molar-refractivity contribution is 9.11. The van der Waals surface area contributed by atoms with Crippen molar-refractivity contribution in [2.45, 2.75) is 44.2 Å². The van der Waals surface area contributed by atoms with E-state index in [2.05, 4.69) is 15.9 Å². The molecule has 0 saturated carbocycles. The minimum Gasteiger partial charge on any atom is -0.390 e. The predicted octanol–water partition coefficient (Wildman–Crippen LogP) is 3.06. The number of ether oxygens (including phenoxy) is 1. The monoisotopic (exact) mass is 326 g/mol. The number of hydrogen-bond donors (Lipinski definition) is 2. The smallest absolute Gasteiger partial charge is 0.166 e. The molecule has 104 valence electrons. The zero-order chi connectivity index (χ0) is 14.1. The van der Waals surface area contributed by atoms with Crippen molar-refractivity contribution in [2.24, 2.45) is 0 Å². The van der Waals surface area contributed by atoms with Gasteiger partial charge in [-0.05, 0) is 25.5 Å². The van der Waals surface area contributed by atoms with Crippen LogP contribution in [0.2, 0.25) is 0 Å². The second-order valence-electron chi connectivity index (χ2n) is 5.60. The van der Waals surface area contributed by atoms with Crippen molar-refractivity contribution in [1.82, 2.24) is 0 Å². The van der Waals surface area contributed by atoms with Gasteiger partial charge in [0.1, 0.15) is 0 Å². The van der Waals surface area contributed by atoms with Gasteiger partial charge in [-0.15, -0.1) is 0 Å². The summed E-state index contributed by atoms with van der Waals surface area (Å²) in [5.41, 5.74) is 0.110. The first-order valence-electron chi connectivity index (χ1n) is 6.32. The molecule has 1 aliphatic rings. The van der Waals surface area contributed by atoms with Gasteiger partial charge in [0.05, 0.1) is 11.7 Å². The van der Waals surface area contributed by atoms with Crippen LogP contribution in [0.4, 0.5) is 0 Å². The van der Waals surface area contributed by atoms with Crippen molar-refractivity contribution in [2.75, 3.05) is 0 Å². The molecule has 1 aliphatic heterocycles. The predicted molar refractivity (Wildman–Crippen MR) is 78.7 cm³/mol. The molecule has 0 aromatic heterocycles. The highest BCUT2D eigenvalue weighted by Gasteiger charge is 2.43. The SMILES string of the molecule is C[C@@]1(O)C[C@@H](/C(Br)=C/c2ccccc2)O[C@](C)(O)C1. The van der Waals surface area contributed by atoms with E-state index in [0.29, 0.717) is 6.42 Å². The highest BCUT2D eigenvalue weighted by Crippen LogP contribution is 2.38. The van der Waals surface area contributed by atoms with Gasteiger partial charge >= 0.3 is 0 Å². The Kier molecular flexibility index (Phi) is 4.16. The summed E-state index contributed by atoms with van der Waals surface area (Å²) < 4.78 is 6.44. The summed E-state index contributed by atoms with van der Waals surface area (Å²) in [6, 6.07) is 9.85. The van der Waals surface area contributed by atoms with E-state index in [4.69, 9.17) is 4.74 Å². The first kappa shape index (κ1) is 14.7. The highest BCUT2D eigenvalue weighted by atomic mass is 79.9. The third-order valence-electron chi connectivity index (χ3n) is 3.14. The summed E-state index contributed by atoms with van der Waals surface area (Å²) in [6.45, 7) is 3.30. The van der Waals surface area contributed by atoms with E-state index < -0.39 is 11.4 Å². The average Bonchev–Trinajstić information content (AvgIpc) is 2.26. The molecule has 0 radical (unpaired) electrons. The second kappa shape index (κ2) is 5.37. The van der Waals surface area contributed by atoms with Gasteiger partial charge in [0, 0.05) is 17.3 Å². The van der Waals surface area contributed by atoms with Gasteiger partial charge in [-0.1, -0.05) is 46.3 Å². The van der Waals surface area contributed by atoms with E-state index in [1.165, 1.54) is 0 Å².